The quantitative estimate of drug-likeness (QED) is 0.0772. The van der Waals surface area contributed by atoms with Crippen LogP contribution in [-0.2, 0) is 19.2 Å². The number of carbonyl (C=O) groups excluding carboxylic acids is 4. The second-order valence-electron chi connectivity index (χ2n) is 13.8. The van der Waals surface area contributed by atoms with Crippen LogP contribution in [0.1, 0.15) is 56.4 Å². The molecule has 3 aliphatic carbocycles. The number of hydrogen-bond donors (Lipinski definition) is 1. The predicted molar refractivity (Wildman–Crippen MR) is 171 cm³/mol. The zero-order chi connectivity index (χ0) is 35.6. The maximum atomic E-state index is 15.3. The van der Waals surface area contributed by atoms with Crippen molar-refractivity contribution in [1.29, 1.82) is 0 Å². The Labute approximate surface area is 291 Å². The van der Waals surface area contributed by atoms with Gasteiger partial charge in [0, 0.05) is 22.9 Å². The number of phenolic OH excluding ortho intramolecular Hbond substituents is 1. The van der Waals surface area contributed by atoms with E-state index in [0.717, 1.165) is 19.3 Å². The Morgan fingerprint density at radius 1 is 0.760 bits per heavy atom. The van der Waals surface area contributed by atoms with Gasteiger partial charge in [0.15, 0.2) is 33.0 Å². The van der Waals surface area contributed by atoms with Gasteiger partial charge in [-0.05, 0) is 37.0 Å². The highest BCUT2D eigenvalue weighted by Crippen LogP contribution is 2.67. The summed E-state index contributed by atoms with van der Waals surface area (Å²) in [5.74, 6) is -21.1. The Morgan fingerprint density at radius 3 is 2.08 bits per heavy atom. The van der Waals surface area contributed by atoms with Gasteiger partial charge in [-0.1, -0.05) is 67.3 Å². The topological polar surface area (TPSA) is 95.0 Å². The van der Waals surface area contributed by atoms with Crippen molar-refractivity contribution in [2.24, 2.45) is 17.8 Å². The van der Waals surface area contributed by atoms with E-state index in [9.17, 15) is 37.5 Å². The summed E-state index contributed by atoms with van der Waals surface area (Å²) in [6.45, 7) is 0. The number of halogens is 7. The summed E-state index contributed by atoms with van der Waals surface area (Å²) in [5, 5.41) is 12.6. The number of fused-ring (bicyclic) bond motifs is 5. The summed E-state index contributed by atoms with van der Waals surface area (Å²) < 4.78 is 73.6. The minimum Gasteiger partial charge on any atom is -0.507 e. The maximum absolute atomic E-state index is 15.3. The van der Waals surface area contributed by atoms with E-state index < -0.39 is 92.3 Å². The summed E-state index contributed by atoms with van der Waals surface area (Å²) in [5.41, 5.74) is -1.59. The average Bonchev–Trinajstić information content (AvgIpc) is 3.45. The number of imide groups is 2. The van der Waals surface area contributed by atoms with Crippen LogP contribution in [0.4, 0.5) is 27.6 Å². The Morgan fingerprint density at radius 2 is 1.40 bits per heavy atom. The maximum Gasteiger partial charge on any atom is 0.258 e. The molecule has 2 saturated carbocycles. The van der Waals surface area contributed by atoms with Gasteiger partial charge in [-0.15, -0.1) is 23.2 Å². The Hall–Kier alpha value is -4.03. The summed E-state index contributed by atoms with van der Waals surface area (Å²) in [7, 11) is 0. The average molecular weight is 734 g/mol. The largest absolute Gasteiger partial charge is 0.507 e. The first-order valence-corrected chi connectivity index (χ1v) is 17.1. The van der Waals surface area contributed by atoms with E-state index in [1.54, 1.807) is 36.4 Å². The van der Waals surface area contributed by atoms with Crippen LogP contribution in [0, 0.1) is 46.8 Å². The van der Waals surface area contributed by atoms with Crippen molar-refractivity contribution >= 4 is 63.3 Å². The van der Waals surface area contributed by atoms with Crippen LogP contribution in [0.5, 0.6) is 5.75 Å². The lowest BCUT2D eigenvalue weighted by Gasteiger charge is -2.50. The highest BCUT2D eigenvalue weighted by atomic mass is 35.5. The lowest BCUT2D eigenvalue weighted by Crippen LogP contribution is -2.60. The lowest BCUT2D eigenvalue weighted by atomic mass is 9.56. The third-order valence-electron chi connectivity index (χ3n) is 11.4. The second-order valence-corrected chi connectivity index (χ2v) is 15.0. The number of benzene rings is 3. The molecular formula is C36H27Cl2F5N2O5. The van der Waals surface area contributed by atoms with Crippen LogP contribution < -0.4 is 4.90 Å². The zero-order valence-electron chi connectivity index (χ0n) is 26.0. The van der Waals surface area contributed by atoms with Crippen LogP contribution in [0.15, 0.2) is 48.0 Å². The Kier molecular flexibility index (Phi) is 7.44. The predicted octanol–water partition coefficient (Wildman–Crippen LogP) is 7.14. The minimum atomic E-state index is -2.71. The van der Waals surface area contributed by atoms with Crippen molar-refractivity contribution in [3.8, 4) is 5.75 Å². The standard InChI is InChI=1S/C36H27Cl2F5N2O5/c37-35-14-21-18(12-13-19-22(21)32(48)44(31(19)47)16-7-2-1-3-8-16)23(20-11-10-15-6-4-5-9-17(15)30(20)46)36(35,38)34(50)45(33(35)49)29-27(42)25(40)24(39)26(41)28(29)43/h4-6,9-12,16,19,21-23,46H,1-3,7-8,13-14H2. The molecule has 4 amide bonds. The van der Waals surface area contributed by atoms with E-state index in [1.165, 1.54) is 11.0 Å². The molecule has 0 spiro atoms. The summed E-state index contributed by atoms with van der Waals surface area (Å²) in [6, 6.07) is 9.36. The van der Waals surface area contributed by atoms with Gasteiger partial charge < -0.3 is 5.11 Å². The van der Waals surface area contributed by atoms with E-state index >= 15 is 8.78 Å². The lowest BCUT2D eigenvalue weighted by molar-refractivity contribution is -0.143. The molecule has 7 nitrogen and oxygen atoms in total. The van der Waals surface area contributed by atoms with Gasteiger partial charge in [0.05, 0.1) is 11.8 Å². The highest BCUT2D eigenvalue weighted by Gasteiger charge is 2.77. The van der Waals surface area contributed by atoms with Crippen LogP contribution in [-0.4, -0.2) is 49.4 Å². The fraction of sp³-hybridized carbons (Fsp3) is 0.389. The van der Waals surface area contributed by atoms with E-state index in [1.807, 2.05) is 0 Å². The molecule has 50 heavy (non-hydrogen) atoms. The third-order valence-corrected chi connectivity index (χ3v) is 12.9. The van der Waals surface area contributed by atoms with Crippen molar-refractivity contribution in [1.82, 2.24) is 4.90 Å². The first kappa shape index (κ1) is 33.1. The molecule has 4 fully saturated rings. The van der Waals surface area contributed by atoms with Gasteiger partial charge in [-0.2, -0.15) is 0 Å². The molecule has 14 heteroatoms. The van der Waals surface area contributed by atoms with Gasteiger partial charge in [0.2, 0.25) is 17.6 Å². The van der Waals surface area contributed by atoms with Gasteiger partial charge in [-0.3, -0.25) is 24.1 Å². The molecule has 6 unspecified atom stereocenters. The normalized spacial score (nSPS) is 31.3. The number of rotatable bonds is 3. The molecule has 260 valence electrons. The fourth-order valence-corrected chi connectivity index (χ4v) is 10.1. The molecule has 0 aromatic heterocycles. The van der Waals surface area contributed by atoms with Crippen molar-refractivity contribution in [2.45, 2.75) is 66.7 Å². The van der Waals surface area contributed by atoms with E-state index in [2.05, 4.69) is 0 Å². The van der Waals surface area contributed by atoms with Gasteiger partial charge >= 0.3 is 0 Å². The SMILES string of the molecule is O=C1C2CC=C3C(CC4(Cl)C(=O)N(c5c(F)c(F)c(F)c(F)c5F)C(=O)C4(Cl)C3c3ccc4ccccc4c3O)C2C(=O)N1C1CCCCC1. The molecule has 3 aromatic rings. The number of hydrogen-bond acceptors (Lipinski definition) is 5. The number of phenols is 1. The Balaban J connectivity index is 1.34. The molecule has 1 N–H and O–H groups in total. The van der Waals surface area contributed by atoms with Crippen LogP contribution in [0.2, 0.25) is 0 Å². The summed E-state index contributed by atoms with van der Waals surface area (Å²) >= 11 is 14.4. The first-order valence-electron chi connectivity index (χ1n) is 16.3. The molecule has 6 atom stereocenters. The van der Waals surface area contributed by atoms with E-state index in [-0.39, 0.29) is 40.2 Å². The van der Waals surface area contributed by atoms with Crippen molar-refractivity contribution in [2.75, 3.05) is 4.90 Å². The number of carbonyl (C=O) groups is 4. The number of amides is 4. The number of nitrogens with zero attached hydrogens (tertiary/aromatic N) is 2. The number of aromatic hydroxyl groups is 1. The number of likely N-dealkylation sites (tertiary alicyclic amines) is 1. The Bertz CT molecular complexity index is 2080. The molecule has 2 heterocycles. The van der Waals surface area contributed by atoms with Gasteiger partial charge in [0.25, 0.3) is 11.8 Å². The second kappa shape index (κ2) is 11.2. The molecular weight excluding hydrogens is 706 g/mol. The molecule has 2 saturated heterocycles. The molecule has 0 bridgehead atoms. The van der Waals surface area contributed by atoms with Crippen LogP contribution >= 0.6 is 23.2 Å². The van der Waals surface area contributed by atoms with Gasteiger partial charge in [-0.25, -0.2) is 26.9 Å². The summed E-state index contributed by atoms with van der Waals surface area (Å²) in [6.07, 6.45) is 4.96. The van der Waals surface area contributed by atoms with Crippen molar-refractivity contribution in [3.63, 3.8) is 0 Å². The zero-order valence-corrected chi connectivity index (χ0v) is 27.5. The molecule has 2 aliphatic heterocycles. The van der Waals surface area contributed by atoms with Crippen LogP contribution in [0.3, 0.4) is 0 Å². The number of alkyl halides is 2. The number of anilines is 1. The fourth-order valence-electron chi connectivity index (χ4n) is 9.14. The van der Waals surface area contributed by atoms with Crippen molar-refractivity contribution < 1.29 is 46.2 Å². The molecule has 0 radical (unpaired) electrons. The minimum absolute atomic E-state index is 0.0283. The number of allylic oxidation sites excluding steroid dienone is 2. The van der Waals surface area contributed by atoms with E-state index in [0.29, 0.717) is 23.6 Å². The molecule has 8 rings (SSSR count). The van der Waals surface area contributed by atoms with Gasteiger partial charge in [0.1, 0.15) is 11.4 Å². The smallest absolute Gasteiger partial charge is 0.258 e. The first-order chi connectivity index (χ1) is 23.8. The highest BCUT2D eigenvalue weighted by molar-refractivity contribution is 6.58. The molecule has 5 aliphatic rings. The third kappa shape index (κ3) is 4.09. The van der Waals surface area contributed by atoms with E-state index in [4.69, 9.17) is 23.2 Å². The van der Waals surface area contributed by atoms with Crippen molar-refractivity contribution in [3.05, 3.63) is 82.7 Å². The molecule has 3 aromatic carbocycles. The van der Waals surface area contributed by atoms with Crippen LogP contribution in [0.25, 0.3) is 10.8 Å². The monoisotopic (exact) mass is 732 g/mol. The summed E-state index contributed by atoms with van der Waals surface area (Å²) in [4.78, 5) is 52.7.